The van der Waals surface area contributed by atoms with Gasteiger partial charge >= 0.3 is 11.9 Å². The third kappa shape index (κ3) is 7.10. The zero-order valence-corrected chi connectivity index (χ0v) is 28.0. The number of methoxy groups -OCH3 is 1. The van der Waals surface area contributed by atoms with Crippen LogP contribution in [0.25, 0.3) is 0 Å². The summed E-state index contributed by atoms with van der Waals surface area (Å²) in [7, 11) is -7.74. The molecule has 0 aromatic heterocycles. The molecule has 3 aromatic carbocycles. The lowest BCUT2D eigenvalue weighted by Crippen LogP contribution is -2.40. The fraction of sp³-hybridized carbons (Fsp3) is 0.250. The number of aliphatic hydroxyl groups excluding tert-OH is 1. The van der Waals surface area contributed by atoms with Gasteiger partial charge in [0.1, 0.15) is 16.8 Å². The van der Waals surface area contributed by atoms with Crippen molar-refractivity contribution < 1.29 is 45.7 Å². The third-order valence-corrected chi connectivity index (χ3v) is 11.4. The maximum Gasteiger partial charge on any atom is 0.338 e. The molecule has 0 amide bonds. The molecule has 0 aliphatic heterocycles. The van der Waals surface area contributed by atoms with E-state index < -0.39 is 71.0 Å². The highest BCUT2D eigenvalue weighted by molar-refractivity contribution is 7.93. The first-order valence-electron chi connectivity index (χ1n) is 13.9. The van der Waals surface area contributed by atoms with Gasteiger partial charge in [0, 0.05) is 10.0 Å². The molecular weight excluding hydrogens is 679 g/mol. The van der Waals surface area contributed by atoms with Gasteiger partial charge in [-0.3, -0.25) is 0 Å². The summed E-state index contributed by atoms with van der Waals surface area (Å²) in [5.74, 6) is -5.32. The minimum Gasteiger partial charge on any atom is -0.510 e. The summed E-state index contributed by atoms with van der Waals surface area (Å²) in [6.45, 7) is 2.69. The van der Waals surface area contributed by atoms with E-state index in [9.17, 15) is 31.5 Å². The number of hydrogen-bond donors (Lipinski definition) is 1. The summed E-state index contributed by atoms with van der Waals surface area (Å²) in [4.78, 5) is 26.9. The molecule has 0 heterocycles. The molecule has 0 spiro atoms. The van der Waals surface area contributed by atoms with Crippen LogP contribution < -0.4 is 4.74 Å². The number of carbonyl (C=O) groups excluding carboxylic acids is 2. The highest BCUT2D eigenvalue weighted by atomic mass is 35.5. The van der Waals surface area contributed by atoms with Crippen molar-refractivity contribution in [2.45, 2.75) is 34.8 Å². The van der Waals surface area contributed by atoms with Crippen LogP contribution in [0, 0.1) is 0 Å². The second-order valence-corrected chi connectivity index (χ2v) is 14.9. The molecule has 1 N–H and O–H groups in total. The van der Waals surface area contributed by atoms with Crippen LogP contribution in [0.5, 0.6) is 5.75 Å². The van der Waals surface area contributed by atoms with E-state index in [2.05, 4.69) is 0 Å². The zero-order chi connectivity index (χ0) is 33.8. The van der Waals surface area contributed by atoms with Crippen molar-refractivity contribution in [3.05, 3.63) is 111 Å². The number of carbonyl (C=O) groups is 2. The van der Waals surface area contributed by atoms with E-state index >= 15 is 0 Å². The Labute approximate surface area is 277 Å². The molecule has 2 atom stereocenters. The van der Waals surface area contributed by atoms with Gasteiger partial charge in [-0.05, 0) is 85.6 Å². The second-order valence-electron chi connectivity index (χ2n) is 9.98. The van der Waals surface area contributed by atoms with Crippen LogP contribution in [-0.4, -0.2) is 65.2 Å². The van der Waals surface area contributed by atoms with Gasteiger partial charge in [-0.1, -0.05) is 35.3 Å². The Morgan fingerprint density at radius 1 is 0.739 bits per heavy atom. The van der Waals surface area contributed by atoms with E-state index in [0.717, 1.165) is 0 Å². The normalized spacial score (nSPS) is 17.1. The SMILES string of the molecule is CCOC(=O)C1=C(O)[C@H](S(=O)(=O)c2ccc(Cl)cc2)C(CS(=O)(=O)c2ccc(Cl)cc2)=C(C(=O)OCC)[C@@H]1c1ccc(OC)cc1. The zero-order valence-electron chi connectivity index (χ0n) is 24.9. The minimum absolute atomic E-state index is 0.157. The van der Waals surface area contributed by atoms with Gasteiger partial charge in [-0.2, -0.15) is 0 Å². The number of halogens is 2. The molecule has 244 valence electrons. The molecule has 0 bridgehead atoms. The number of rotatable bonds is 11. The predicted octanol–water partition coefficient (Wildman–Crippen LogP) is 5.65. The van der Waals surface area contributed by atoms with Crippen molar-refractivity contribution in [2.24, 2.45) is 0 Å². The van der Waals surface area contributed by atoms with E-state index in [4.69, 9.17) is 37.4 Å². The van der Waals surface area contributed by atoms with Crippen LogP contribution in [0.3, 0.4) is 0 Å². The topological polar surface area (TPSA) is 150 Å². The van der Waals surface area contributed by atoms with Gasteiger partial charge in [-0.15, -0.1) is 0 Å². The first-order valence-corrected chi connectivity index (χ1v) is 17.8. The van der Waals surface area contributed by atoms with Crippen molar-refractivity contribution in [2.75, 3.05) is 26.1 Å². The first kappa shape index (κ1) is 35.0. The Balaban J connectivity index is 2.14. The van der Waals surface area contributed by atoms with Gasteiger partial charge < -0.3 is 19.3 Å². The Bertz CT molecular complexity index is 1900. The standard InChI is InChI=1S/C32H30Cl2O10S2/c1-4-43-31(36)27-25(18-45(38,39)23-14-8-20(33)9-15-23)30(46(40,41)24-16-10-21(34)11-17-24)29(35)28(32(37)44-5-2)26(27)19-6-12-22(42-3)13-7-19/h6-17,26,30,35H,4-5,18H2,1-3H3/t26-,30+/m0/s1. The van der Waals surface area contributed by atoms with Crippen molar-refractivity contribution in [3.8, 4) is 5.75 Å². The molecule has 10 nitrogen and oxygen atoms in total. The molecule has 0 fully saturated rings. The number of aliphatic hydroxyl groups is 1. The first-order chi connectivity index (χ1) is 21.8. The minimum atomic E-state index is -4.76. The van der Waals surface area contributed by atoms with Crippen molar-refractivity contribution in [1.29, 1.82) is 0 Å². The van der Waals surface area contributed by atoms with Crippen LogP contribution in [0.15, 0.2) is 105 Å². The summed E-state index contributed by atoms with van der Waals surface area (Å²) in [6.07, 6.45) is 0. The average Bonchev–Trinajstić information content (AvgIpc) is 3.01. The molecule has 46 heavy (non-hydrogen) atoms. The van der Waals surface area contributed by atoms with Gasteiger partial charge in [0.15, 0.2) is 19.7 Å². The molecule has 4 rings (SSSR count). The Kier molecular flexibility index (Phi) is 10.9. The highest BCUT2D eigenvalue weighted by Gasteiger charge is 2.50. The number of esters is 2. The maximum atomic E-state index is 14.4. The van der Waals surface area contributed by atoms with Crippen molar-refractivity contribution >= 4 is 54.8 Å². The summed E-state index contributed by atoms with van der Waals surface area (Å²) in [5.41, 5.74) is -1.30. The smallest absolute Gasteiger partial charge is 0.338 e. The quantitative estimate of drug-likeness (QED) is 0.248. The number of benzene rings is 3. The largest absolute Gasteiger partial charge is 0.510 e. The Morgan fingerprint density at radius 2 is 1.22 bits per heavy atom. The van der Waals surface area contributed by atoms with Crippen LogP contribution in [0.4, 0.5) is 0 Å². The van der Waals surface area contributed by atoms with Crippen LogP contribution in [0.1, 0.15) is 25.3 Å². The second kappa shape index (κ2) is 14.3. The van der Waals surface area contributed by atoms with E-state index in [1.807, 2.05) is 0 Å². The lowest BCUT2D eigenvalue weighted by Gasteiger charge is -2.34. The fourth-order valence-corrected chi connectivity index (χ4v) is 8.72. The van der Waals surface area contributed by atoms with Crippen LogP contribution in [0.2, 0.25) is 10.0 Å². The lowest BCUT2D eigenvalue weighted by atomic mass is 9.76. The van der Waals surface area contributed by atoms with Gasteiger partial charge in [0.2, 0.25) is 0 Å². The van der Waals surface area contributed by atoms with E-state index in [-0.39, 0.29) is 38.6 Å². The molecular formula is C32H30Cl2O10S2. The average molecular weight is 710 g/mol. The van der Waals surface area contributed by atoms with E-state index in [1.54, 1.807) is 0 Å². The van der Waals surface area contributed by atoms with Gasteiger partial charge in [0.25, 0.3) is 0 Å². The van der Waals surface area contributed by atoms with Crippen LogP contribution in [-0.2, 0) is 38.7 Å². The summed E-state index contributed by atoms with van der Waals surface area (Å²) >= 11 is 12.0. The molecule has 0 unspecified atom stereocenters. The fourth-order valence-electron chi connectivity index (χ4n) is 5.12. The number of hydrogen-bond acceptors (Lipinski definition) is 10. The van der Waals surface area contributed by atoms with E-state index in [1.165, 1.54) is 93.8 Å². The van der Waals surface area contributed by atoms with E-state index in [0.29, 0.717) is 5.75 Å². The van der Waals surface area contributed by atoms with Crippen LogP contribution >= 0.6 is 23.2 Å². The van der Waals surface area contributed by atoms with Crippen molar-refractivity contribution in [3.63, 3.8) is 0 Å². The molecule has 0 radical (unpaired) electrons. The third-order valence-electron chi connectivity index (χ3n) is 7.17. The molecule has 0 saturated carbocycles. The Hall–Kier alpha value is -3.84. The summed E-state index contributed by atoms with van der Waals surface area (Å²) < 4.78 is 72.3. The monoisotopic (exact) mass is 708 g/mol. The maximum absolute atomic E-state index is 14.4. The molecule has 14 heteroatoms. The van der Waals surface area contributed by atoms with Crippen molar-refractivity contribution in [1.82, 2.24) is 0 Å². The van der Waals surface area contributed by atoms with Gasteiger partial charge in [-0.25, -0.2) is 26.4 Å². The number of sulfone groups is 2. The highest BCUT2D eigenvalue weighted by Crippen LogP contribution is 2.46. The van der Waals surface area contributed by atoms with Gasteiger partial charge in [0.05, 0.1) is 52.9 Å². The molecule has 0 saturated heterocycles. The molecule has 1 aliphatic carbocycles. The summed E-state index contributed by atoms with van der Waals surface area (Å²) in [5, 5.41) is 10.1. The lowest BCUT2D eigenvalue weighted by molar-refractivity contribution is -0.139. The summed E-state index contributed by atoms with van der Waals surface area (Å²) in [6, 6.07) is 16.1. The molecule has 3 aromatic rings. The Morgan fingerprint density at radius 3 is 1.70 bits per heavy atom. The number of ether oxygens (including phenoxy) is 3. The predicted molar refractivity (Wildman–Crippen MR) is 172 cm³/mol. The molecule has 1 aliphatic rings.